The molecule has 0 aromatic rings. The van der Waals surface area contributed by atoms with Crippen molar-refractivity contribution < 1.29 is 13.2 Å². The van der Waals surface area contributed by atoms with E-state index in [1.54, 1.807) is 14.0 Å². The molecule has 0 fully saturated rings. The second-order valence-corrected chi connectivity index (χ2v) is 6.37. The molecule has 0 aromatic carbocycles. The molecule has 0 rings (SSSR count). The first-order valence-electron chi connectivity index (χ1n) is 6.02. The Kier molecular flexibility index (Phi) is 9.97. The fraction of sp³-hybridized carbons (Fsp3) is 1.00. The van der Waals surface area contributed by atoms with Crippen LogP contribution in [0.5, 0.6) is 0 Å². The predicted molar refractivity (Wildman–Crippen MR) is 67.5 cm³/mol. The molecule has 5 heteroatoms. The lowest BCUT2D eigenvalue weighted by molar-refractivity contribution is 0.199. The van der Waals surface area contributed by atoms with E-state index in [4.69, 9.17) is 4.74 Å². The van der Waals surface area contributed by atoms with Gasteiger partial charge in [-0.2, -0.15) is 0 Å². The minimum atomic E-state index is -2.76. The van der Waals surface area contributed by atoms with Crippen molar-refractivity contribution in [2.75, 3.05) is 38.3 Å². The third kappa shape index (κ3) is 10.4. The smallest absolute Gasteiger partial charge is 0.150 e. The highest BCUT2D eigenvalue weighted by molar-refractivity contribution is 7.91. The maximum atomic E-state index is 11.2. The third-order valence-corrected chi connectivity index (χ3v) is 4.27. The average Bonchev–Trinajstić information content (AvgIpc) is 2.27. The minimum absolute atomic E-state index is 0.269. The Balaban J connectivity index is 3.16. The van der Waals surface area contributed by atoms with Gasteiger partial charge in [-0.05, 0) is 19.4 Å². The fourth-order valence-corrected chi connectivity index (χ4v) is 2.30. The van der Waals surface area contributed by atoms with Gasteiger partial charge >= 0.3 is 0 Å². The molecule has 0 aliphatic rings. The summed E-state index contributed by atoms with van der Waals surface area (Å²) in [6, 6.07) is 0. The van der Waals surface area contributed by atoms with E-state index in [0.717, 1.165) is 45.4 Å². The van der Waals surface area contributed by atoms with Crippen molar-refractivity contribution in [3.8, 4) is 0 Å². The van der Waals surface area contributed by atoms with E-state index >= 15 is 0 Å². The van der Waals surface area contributed by atoms with Gasteiger partial charge in [-0.3, -0.25) is 0 Å². The van der Waals surface area contributed by atoms with Gasteiger partial charge in [-0.1, -0.05) is 19.8 Å². The number of rotatable bonds is 11. The summed E-state index contributed by atoms with van der Waals surface area (Å²) in [5.41, 5.74) is 0. The first kappa shape index (κ1) is 15.9. The maximum Gasteiger partial charge on any atom is 0.150 e. The van der Waals surface area contributed by atoms with Crippen LogP contribution < -0.4 is 5.32 Å². The lowest BCUT2D eigenvalue weighted by atomic mass is 10.2. The van der Waals surface area contributed by atoms with Crippen LogP contribution in [-0.2, 0) is 14.6 Å². The van der Waals surface area contributed by atoms with E-state index in [1.807, 2.05) is 0 Å². The summed E-state index contributed by atoms with van der Waals surface area (Å²) in [6.07, 6.45) is 4.01. The van der Waals surface area contributed by atoms with Crippen LogP contribution in [0.2, 0.25) is 0 Å². The number of hydrogen-bond acceptors (Lipinski definition) is 4. The van der Waals surface area contributed by atoms with Gasteiger partial charge in [0.25, 0.3) is 0 Å². The maximum absolute atomic E-state index is 11.2. The molecule has 0 heterocycles. The van der Waals surface area contributed by atoms with Crippen LogP contribution in [0.3, 0.4) is 0 Å². The summed E-state index contributed by atoms with van der Waals surface area (Å²) in [4.78, 5) is 0. The predicted octanol–water partition coefficient (Wildman–Crippen LogP) is 1.22. The number of methoxy groups -OCH3 is 1. The van der Waals surface area contributed by atoms with Crippen LogP contribution in [0.1, 0.15) is 32.6 Å². The normalized spacial score (nSPS) is 11.9. The van der Waals surface area contributed by atoms with Crippen molar-refractivity contribution in [1.82, 2.24) is 5.32 Å². The summed E-state index contributed by atoms with van der Waals surface area (Å²) < 4.78 is 27.3. The van der Waals surface area contributed by atoms with E-state index in [0.29, 0.717) is 5.75 Å². The molecule has 0 radical (unpaired) electrons. The summed E-state index contributed by atoms with van der Waals surface area (Å²) in [5.74, 6) is 0.617. The molecule has 0 aliphatic carbocycles. The van der Waals surface area contributed by atoms with Gasteiger partial charge in [0.05, 0.1) is 12.4 Å². The van der Waals surface area contributed by atoms with Gasteiger partial charge in [0.2, 0.25) is 0 Å². The number of nitrogens with one attached hydrogen (secondary N) is 1. The zero-order valence-corrected chi connectivity index (χ0v) is 11.3. The zero-order valence-electron chi connectivity index (χ0n) is 10.5. The minimum Gasteiger partial charge on any atom is -0.383 e. The molecule has 16 heavy (non-hydrogen) atoms. The SMILES string of the molecule is CCS(=O)(=O)CCCCCCNCCOC. The molecule has 0 amide bonds. The van der Waals surface area contributed by atoms with Crippen LogP contribution >= 0.6 is 0 Å². The lowest BCUT2D eigenvalue weighted by Crippen LogP contribution is -2.20. The van der Waals surface area contributed by atoms with Crippen molar-refractivity contribution in [3.63, 3.8) is 0 Å². The molecular weight excluding hydrogens is 226 g/mol. The summed E-state index contributed by atoms with van der Waals surface area (Å²) in [7, 11) is -1.07. The van der Waals surface area contributed by atoms with Crippen LogP contribution in [0, 0.1) is 0 Å². The number of hydrogen-bond donors (Lipinski definition) is 1. The number of unbranched alkanes of at least 4 members (excludes halogenated alkanes) is 3. The van der Waals surface area contributed by atoms with Gasteiger partial charge in [0, 0.05) is 19.4 Å². The zero-order chi connectivity index (χ0) is 12.3. The van der Waals surface area contributed by atoms with Crippen molar-refractivity contribution in [1.29, 1.82) is 0 Å². The van der Waals surface area contributed by atoms with E-state index in [1.165, 1.54) is 0 Å². The molecule has 1 N–H and O–H groups in total. The van der Waals surface area contributed by atoms with Crippen LogP contribution in [0.4, 0.5) is 0 Å². The molecule has 98 valence electrons. The topological polar surface area (TPSA) is 55.4 Å². The van der Waals surface area contributed by atoms with E-state index in [2.05, 4.69) is 5.32 Å². The van der Waals surface area contributed by atoms with Gasteiger partial charge in [-0.25, -0.2) is 8.42 Å². The Morgan fingerprint density at radius 1 is 1.06 bits per heavy atom. The number of ether oxygens (including phenoxy) is 1. The van der Waals surface area contributed by atoms with Crippen molar-refractivity contribution >= 4 is 9.84 Å². The van der Waals surface area contributed by atoms with Crippen LogP contribution in [0.15, 0.2) is 0 Å². The van der Waals surface area contributed by atoms with Crippen molar-refractivity contribution in [2.45, 2.75) is 32.6 Å². The molecule has 0 aliphatic heterocycles. The Morgan fingerprint density at radius 3 is 2.38 bits per heavy atom. The second kappa shape index (κ2) is 10.1. The van der Waals surface area contributed by atoms with Crippen LogP contribution in [0.25, 0.3) is 0 Å². The molecule has 0 spiro atoms. The third-order valence-electron chi connectivity index (χ3n) is 2.48. The quantitative estimate of drug-likeness (QED) is 0.561. The van der Waals surface area contributed by atoms with Crippen LogP contribution in [-0.4, -0.2) is 46.7 Å². The first-order valence-corrected chi connectivity index (χ1v) is 7.84. The van der Waals surface area contributed by atoms with Gasteiger partial charge in [-0.15, -0.1) is 0 Å². The van der Waals surface area contributed by atoms with E-state index in [9.17, 15) is 8.42 Å². The molecule has 0 atom stereocenters. The van der Waals surface area contributed by atoms with Crippen molar-refractivity contribution in [2.24, 2.45) is 0 Å². The molecule has 4 nitrogen and oxygen atoms in total. The largest absolute Gasteiger partial charge is 0.383 e. The molecule has 0 saturated heterocycles. The molecule has 0 aromatic heterocycles. The highest BCUT2D eigenvalue weighted by Gasteiger charge is 2.05. The van der Waals surface area contributed by atoms with Gasteiger partial charge < -0.3 is 10.1 Å². The van der Waals surface area contributed by atoms with E-state index < -0.39 is 9.84 Å². The Morgan fingerprint density at radius 2 is 1.75 bits per heavy atom. The Hall–Kier alpha value is -0.130. The second-order valence-electron chi connectivity index (χ2n) is 3.89. The summed E-state index contributed by atoms with van der Waals surface area (Å²) in [5, 5.41) is 3.26. The Bertz CT molecular complexity index is 240. The molecule has 0 bridgehead atoms. The first-order chi connectivity index (χ1) is 7.62. The van der Waals surface area contributed by atoms with E-state index in [-0.39, 0.29) is 5.75 Å². The average molecular weight is 251 g/mol. The lowest BCUT2D eigenvalue weighted by Gasteiger charge is -2.04. The standard InChI is InChI=1S/C11H25NO3S/c1-3-16(13,14)11-7-5-4-6-8-12-9-10-15-2/h12H,3-11H2,1-2H3. The summed E-state index contributed by atoms with van der Waals surface area (Å²) in [6.45, 7) is 4.33. The molecular formula is C11H25NO3S. The number of sulfone groups is 1. The highest BCUT2D eigenvalue weighted by atomic mass is 32.2. The van der Waals surface area contributed by atoms with Crippen molar-refractivity contribution in [3.05, 3.63) is 0 Å². The van der Waals surface area contributed by atoms with Gasteiger partial charge in [0.15, 0.2) is 0 Å². The Labute approximate surface area is 99.7 Å². The summed E-state index contributed by atoms with van der Waals surface area (Å²) >= 11 is 0. The van der Waals surface area contributed by atoms with Gasteiger partial charge in [0.1, 0.15) is 9.84 Å². The monoisotopic (exact) mass is 251 g/mol. The highest BCUT2D eigenvalue weighted by Crippen LogP contribution is 2.02. The fourth-order valence-electron chi connectivity index (χ4n) is 1.37. The molecule has 0 saturated carbocycles. The molecule has 0 unspecified atom stereocenters.